The SMILES string of the molecule is CCn1cc(C(=O)O)c(=O)c2cc(F)c(N3CCN(C(=O)OCc4ccc(NC(=O)[C@H](CCN=C(CC(=O)OC(C)(C)C)NC(=O)OC(C)(C)C)CC(=O)[C@@H](NC(=O)CCCC(=O)N(C)C)C(C)C)cc4)CC3)cc21. The lowest BCUT2D eigenvalue weighted by Crippen LogP contribution is -2.49. The molecule has 1 fully saturated rings. The van der Waals surface area contributed by atoms with E-state index in [9.17, 15) is 48.3 Å². The van der Waals surface area contributed by atoms with Crippen molar-refractivity contribution in [1.29, 1.82) is 0 Å². The number of hydrogen-bond donors (Lipinski definition) is 4. The highest BCUT2D eigenvalue weighted by molar-refractivity contribution is 6.04. The number of hydrogen-bond acceptors (Lipinski definition) is 14. The molecule has 1 aliphatic rings. The number of carboxylic acid groups (broad SMARTS) is 1. The maximum Gasteiger partial charge on any atom is 0.413 e. The van der Waals surface area contributed by atoms with E-state index in [1.165, 1.54) is 22.1 Å². The molecule has 4 N–H and O–H groups in total. The van der Waals surface area contributed by atoms with Crippen LogP contribution in [0.3, 0.4) is 0 Å². The number of esters is 1. The van der Waals surface area contributed by atoms with Crippen LogP contribution in [0.5, 0.6) is 0 Å². The Balaban J connectivity index is 1.45. The number of ketones is 1. The number of Topliss-reactive ketones (excluding diaryl/α,β-unsaturated/α-hetero) is 1. The number of aromatic carboxylic acids is 1. The number of ether oxygens (including phenoxy) is 3. The molecule has 0 bridgehead atoms. The largest absolute Gasteiger partial charge is 0.477 e. The number of piperazine rings is 1. The number of aliphatic imine (C=N–C) groups is 1. The zero-order valence-corrected chi connectivity index (χ0v) is 44.9. The van der Waals surface area contributed by atoms with Crippen LogP contribution in [0.1, 0.15) is 117 Å². The summed E-state index contributed by atoms with van der Waals surface area (Å²) in [7, 11) is 3.24. The van der Waals surface area contributed by atoms with Crippen molar-refractivity contribution in [2.24, 2.45) is 16.8 Å². The van der Waals surface area contributed by atoms with E-state index in [0.29, 0.717) is 23.3 Å². The molecule has 1 aromatic heterocycles. The number of carboxylic acids is 1. The molecule has 1 aliphatic heterocycles. The van der Waals surface area contributed by atoms with Gasteiger partial charge in [-0.3, -0.25) is 39.1 Å². The molecule has 0 spiro atoms. The monoisotopic (exact) mass is 1050 g/mol. The molecule has 5 amide bonds. The van der Waals surface area contributed by atoms with Crippen molar-refractivity contribution >= 4 is 75.7 Å². The van der Waals surface area contributed by atoms with E-state index in [0.717, 1.165) is 6.07 Å². The zero-order valence-electron chi connectivity index (χ0n) is 44.9. The molecule has 4 rings (SSSR count). The second kappa shape index (κ2) is 26.7. The van der Waals surface area contributed by atoms with E-state index in [1.807, 2.05) is 0 Å². The van der Waals surface area contributed by atoms with Crippen molar-refractivity contribution < 1.29 is 62.1 Å². The Kier molecular flexibility index (Phi) is 21.4. The van der Waals surface area contributed by atoms with Gasteiger partial charge in [0.25, 0.3) is 0 Å². The smallest absolute Gasteiger partial charge is 0.413 e. The summed E-state index contributed by atoms with van der Waals surface area (Å²) in [6.45, 7) is 16.3. The number of anilines is 2. The number of nitrogens with one attached hydrogen (secondary N) is 3. The number of rotatable bonds is 21. The first-order chi connectivity index (χ1) is 35.0. The number of amides is 5. The molecule has 0 unspecified atom stereocenters. The van der Waals surface area contributed by atoms with Gasteiger partial charge in [0.2, 0.25) is 23.2 Å². The van der Waals surface area contributed by atoms with Gasteiger partial charge in [-0.05, 0) is 97.1 Å². The molecule has 21 nitrogen and oxygen atoms in total. The molecular weight excluding hydrogens is 976 g/mol. The van der Waals surface area contributed by atoms with Gasteiger partial charge >= 0.3 is 24.1 Å². The molecule has 0 radical (unpaired) electrons. The van der Waals surface area contributed by atoms with Crippen molar-refractivity contribution in [1.82, 2.24) is 25.0 Å². The summed E-state index contributed by atoms with van der Waals surface area (Å²) >= 11 is 0. The lowest BCUT2D eigenvalue weighted by atomic mass is 9.90. The molecule has 2 heterocycles. The van der Waals surface area contributed by atoms with E-state index in [-0.39, 0.29) is 100 Å². The zero-order chi connectivity index (χ0) is 55.9. The number of pyridine rings is 1. The third kappa shape index (κ3) is 18.8. The third-order valence-corrected chi connectivity index (χ3v) is 11.8. The van der Waals surface area contributed by atoms with Gasteiger partial charge in [-0.15, -0.1) is 0 Å². The van der Waals surface area contributed by atoms with Crippen LogP contribution < -0.4 is 26.3 Å². The minimum Gasteiger partial charge on any atom is -0.477 e. The highest BCUT2D eigenvalue weighted by Gasteiger charge is 2.31. The Morgan fingerprint density at radius 2 is 1.53 bits per heavy atom. The van der Waals surface area contributed by atoms with Crippen molar-refractivity contribution in [3.63, 3.8) is 0 Å². The topological polar surface area (TPSA) is 265 Å². The molecule has 3 aromatic rings. The van der Waals surface area contributed by atoms with Crippen molar-refractivity contribution in [3.8, 4) is 0 Å². The number of aryl methyl sites for hydroxylation is 1. The molecule has 2 atom stereocenters. The predicted molar refractivity (Wildman–Crippen MR) is 279 cm³/mol. The average molecular weight is 1050 g/mol. The minimum absolute atomic E-state index is 0.00796. The fourth-order valence-corrected chi connectivity index (χ4v) is 7.97. The van der Waals surface area contributed by atoms with Gasteiger partial charge in [-0.25, -0.2) is 18.8 Å². The highest BCUT2D eigenvalue weighted by Crippen LogP contribution is 2.27. The fourth-order valence-electron chi connectivity index (χ4n) is 7.97. The molecule has 1 saturated heterocycles. The second-order valence-corrected chi connectivity index (χ2v) is 20.8. The van der Waals surface area contributed by atoms with Crippen LogP contribution in [0.2, 0.25) is 0 Å². The second-order valence-electron chi connectivity index (χ2n) is 20.8. The Labute approximate surface area is 436 Å². The van der Waals surface area contributed by atoms with Gasteiger partial charge in [0.15, 0.2) is 5.78 Å². The van der Waals surface area contributed by atoms with Crippen LogP contribution >= 0.6 is 0 Å². The van der Waals surface area contributed by atoms with E-state index in [4.69, 9.17) is 14.2 Å². The lowest BCUT2D eigenvalue weighted by Gasteiger charge is -2.35. The summed E-state index contributed by atoms with van der Waals surface area (Å²) in [4.78, 5) is 125. The van der Waals surface area contributed by atoms with Gasteiger partial charge < -0.3 is 49.2 Å². The maximum absolute atomic E-state index is 15.5. The first kappa shape index (κ1) is 60.2. The van der Waals surface area contributed by atoms with Gasteiger partial charge in [-0.1, -0.05) is 26.0 Å². The van der Waals surface area contributed by atoms with Gasteiger partial charge in [-0.2, -0.15) is 0 Å². The molecule has 410 valence electrons. The van der Waals surface area contributed by atoms with Gasteiger partial charge in [0.05, 0.1) is 17.2 Å². The number of alkyl carbamates (subject to hydrolysis) is 1. The Hall–Kier alpha value is -7.39. The number of carbonyl (C=O) groups excluding carboxylic acids is 7. The van der Waals surface area contributed by atoms with E-state index < -0.39 is 88.1 Å². The average Bonchev–Trinajstić information content (AvgIpc) is 3.31. The van der Waals surface area contributed by atoms with Crippen LogP contribution in [0.25, 0.3) is 10.9 Å². The van der Waals surface area contributed by atoms with Crippen molar-refractivity contribution in [2.45, 2.75) is 131 Å². The number of benzene rings is 2. The number of aromatic nitrogens is 1. The highest BCUT2D eigenvalue weighted by atomic mass is 19.1. The number of amidine groups is 1. The fraction of sp³-hybridized carbons (Fsp3) is 0.547. The van der Waals surface area contributed by atoms with E-state index in [2.05, 4.69) is 20.9 Å². The third-order valence-electron chi connectivity index (χ3n) is 11.8. The molecule has 22 heteroatoms. The summed E-state index contributed by atoms with van der Waals surface area (Å²) in [5, 5.41) is 17.6. The van der Waals surface area contributed by atoms with Crippen molar-refractivity contribution in [2.75, 3.05) is 57.0 Å². The first-order valence-corrected chi connectivity index (χ1v) is 25.0. The van der Waals surface area contributed by atoms with Crippen LogP contribution in [0.4, 0.5) is 25.4 Å². The first-order valence-electron chi connectivity index (χ1n) is 25.0. The quantitative estimate of drug-likeness (QED) is 0.0396. The minimum atomic E-state index is -1.40. The number of halogens is 1. The number of carbonyl (C=O) groups is 8. The molecule has 0 saturated carbocycles. The van der Waals surface area contributed by atoms with Crippen LogP contribution in [-0.2, 0) is 51.3 Å². The summed E-state index contributed by atoms with van der Waals surface area (Å²) in [6.07, 6.45) is -0.569. The van der Waals surface area contributed by atoms with Gasteiger partial charge in [0, 0.05) is 95.8 Å². The predicted octanol–water partition coefficient (Wildman–Crippen LogP) is 6.28. The Morgan fingerprint density at radius 3 is 2.11 bits per heavy atom. The van der Waals surface area contributed by atoms with Crippen LogP contribution in [0.15, 0.2) is 52.4 Å². The molecule has 0 aliphatic carbocycles. The van der Waals surface area contributed by atoms with Crippen molar-refractivity contribution in [3.05, 3.63) is 69.8 Å². The molecular formula is C53H73FN8O13. The lowest BCUT2D eigenvalue weighted by molar-refractivity contribution is -0.153. The Morgan fingerprint density at radius 1 is 0.893 bits per heavy atom. The summed E-state index contributed by atoms with van der Waals surface area (Å²) in [6, 6.07) is 8.08. The van der Waals surface area contributed by atoms with E-state index in [1.54, 1.807) is 110 Å². The molecule has 2 aromatic carbocycles. The number of nitrogens with zero attached hydrogens (tertiary/aromatic N) is 5. The standard InChI is InChI=1S/C53H73FN8O13/c1-12-60-30-37(49(69)70)47(67)36-27-38(54)40(28-39(36)60)61-22-24-62(25-23-61)51(72)73-31-33-16-18-35(19-17-33)56-48(68)34(26-41(63)46(32(2)3)58-43(64)14-13-15-44(65)59(10)11)20-21-55-42(29-45(66)74-52(4,5)6)57-50(71)75-53(7,8)9/h16-19,27-28,30,32,34,46H,12-15,20-26,29,31H2,1-11H3,(H,56,68)(H,58,64)(H,69,70)(H,55,57,71)/t34-,46+/m1/s1. The van der Waals surface area contributed by atoms with Crippen LogP contribution in [0, 0.1) is 17.7 Å². The summed E-state index contributed by atoms with van der Waals surface area (Å²) in [5.41, 5.74) is -1.40. The maximum atomic E-state index is 15.5. The van der Waals surface area contributed by atoms with E-state index >= 15 is 4.39 Å². The van der Waals surface area contributed by atoms with Crippen LogP contribution in [-0.4, -0.2) is 137 Å². The number of fused-ring (bicyclic) bond motifs is 1. The normalized spacial score (nSPS) is 13.9. The summed E-state index contributed by atoms with van der Waals surface area (Å²) < 4.78 is 33.4. The molecule has 75 heavy (non-hydrogen) atoms. The van der Waals surface area contributed by atoms with Gasteiger partial charge in [0.1, 0.15) is 41.4 Å². The Bertz CT molecular complexity index is 2630. The summed E-state index contributed by atoms with van der Waals surface area (Å²) in [5.74, 6) is -5.78.